The zero-order valence-electron chi connectivity index (χ0n) is 13.2. The van der Waals surface area contributed by atoms with Gasteiger partial charge in [-0.25, -0.2) is 14.4 Å². The highest BCUT2D eigenvalue weighted by atomic mass is 79.9. The highest BCUT2D eigenvalue weighted by Crippen LogP contribution is 2.27. The van der Waals surface area contributed by atoms with Crippen LogP contribution in [0.5, 0.6) is 0 Å². The van der Waals surface area contributed by atoms with Gasteiger partial charge in [0.15, 0.2) is 0 Å². The number of piperazine rings is 1. The Labute approximate surface area is 156 Å². The van der Waals surface area contributed by atoms with Crippen molar-refractivity contribution < 1.29 is 9.18 Å². The number of halogens is 2. The summed E-state index contributed by atoms with van der Waals surface area (Å²) in [4.78, 5) is 26.1. The summed E-state index contributed by atoms with van der Waals surface area (Å²) in [5, 5.41) is 3.03. The van der Waals surface area contributed by atoms with E-state index in [1.54, 1.807) is 28.6 Å². The number of anilines is 1. The number of nitrogens with zero attached hydrogens (tertiary/aromatic N) is 4. The zero-order chi connectivity index (χ0) is 17.4. The first-order valence-electron chi connectivity index (χ1n) is 7.81. The molecule has 1 aliphatic heterocycles. The predicted octanol–water partition coefficient (Wildman–Crippen LogP) is 3.56. The van der Waals surface area contributed by atoms with Crippen molar-refractivity contribution in [3.05, 3.63) is 51.8 Å². The number of fused-ring (bicyclic) bond motifs is 1. The smallest absolute Gasteiger partial charge is 0.256 e. The summed E-state index contributed by atoms with van der Waals surface area (Å²) in [6.07, 6.45) is 1.57. The van der Waals surface area contributed by atoms with E-state index in [4.69, 9.17) is 0 Å². The van der Waals surface area contributed by atoms with Gasteiger partial charge in [0, 0.05) is 30.7 Å². The summed E-state index contributed by atoms with van der Waals surface area (Å²) in [6.45, 7) is 2.37. The molecule has 0 bridgehead atoms. The Morgan fingerprint density at radius 3 is 2.76 bits per heavy atom. The van der Waals surface area contributed by atoms with Crippen LogP contribution >= 0.6 is 27.3 Å². The van der Waals surface area contributed by atoms with E-state index in [-0.39, 0.29) is 11.5 Å². The van der Waals surface area contributed by atoms with Gasteiger partial charge in [0.2, 0.25) is 0 Å². The lowest BCUT2D eigenvalue weighted by Gasteiger charge is -2.35. The molecule has 2 aromatic heterocycles. The third-order valence-electron chi connectivity index (χ3n) is 4.27. The van der Waals surface area contributed by atoms with Gasteiger partial charge in [0.1, 0.15) is 22.8 Å². The first kappa shape index (κ1) is 16.4. The van der Waals surface area contributed by atoms with E-state index < -0.39 is 5.82 Å². The first-order valence-corrected chi connectivity index (χ1v) is 9.48. The van der Waals surface area contributed by atoms with Crippen LogP contribution in [0.3, 0.4) is 0 Å². The molecule has 0 spiro atoms. The number of rotatable bonds is 2. The molecule has 0 atom stereocenters. The van der Waals surface area contributed by atoms with Crippen molar-refractivity contribution in [2.75, 3.05) is 31.1 Å². The standard InChI is InChI=1S/C17H14BrFN4OS/c18-11-1-2-14(19)13(9-11)17(24)23-6-4-22(5-7-23)15-12-3-8-25-16(12)21-10-20-15/h1-3,8-10H,4-7H2. The van der Waals surface area contributed by atoms with Crippen molar-refractivity contribution >= 4 is 49.2 Å². The lowest BCUT2D eigenvalue weighted by Crippen LogP contribution is -2.49. The summed E-state index contributed by atoms with van der Waals surface area (Å²) in [6, 6.07) is 6.44. The van der Waals surface area contributed by atoms with Gasteiger partial charge in [-0.3, -0.25) is 4.79 Å². The number of carbonyl (C=O) groups excluding carboxylic acids is 1. The Balaban J connectivity index is 1.51. The molecule has 0 N–H and O–H groups in total. The average molecular weight is 421 g/mol. The van der Waals surface area contributed by atoms with Crippen molar-refractivity contribution in [1.82, 2.24) is 14.9 Å². The molecule has 0 unspecified atom stereocenters. The molecule has 1 aliphatic rings. The summed E-state index contributed by atoms with van der Waals surface area (Å²) >= 11 is 4.87. The van der Waals surface area contributed by atoms with Gasteiger partial charge < -0.3 is 9.80 Å². The van der Waals surface area contributed by atoms with Gasteiger partial charge in [-0.05, 0) is 29.6 Å². The molecule has 128 valence electrons. The molecule has 8 heteroatoms. The minimum absolute atomic E-state index is 0.102. The van der Waals surface area contributed by atoms with Crippen LogP contribution in [0, 0.1) is 5.82 Å². The van der Waals surface area contributed by atoms with E-state index in [2.05, 4.69) is 30.8 Å². The molecule has 1 amide bonds. The zero-order valence-corrected chi connectivity index (χ0v) is 15.6. The summed E-state index contributed by atoms with van der Waals surface area (Å²) in [7, 11) is 0. The molecule has 3 heterocycles. The fourth-order valence-electron chi connectivity index (χ4n) is 2.98. The molecule has 3 aromatic rings. The third-order valence-corrected chi connectivity index (χ3v) is 5.58. The number of hydrogen-bond acceptors (Lipinski definition) is 5. The van der Waals surface area contributed by atoms with Crippen LogP contribution in [0.15, 0.2) is 40.4 Å². The van der Waals surface area contributed by atoms with Gasteiger partial charge in [0.05, 0.1) is 10.9 Å². The van der Waals surface area contributed by atoms with E-state index in [0.717, 1.165) is 16.0 Å². The second-order valence-corrected chi connectivity index (χ2v) is 7.55. The van der Waals surface area contributed by atoms with Crippen LogP contribution < -0.4 is 4.90 Å². The predicted molar refractivity (Wildman–Crippen MR) is 99.6 cm³/mol. The van der Waals surface area contributed by atoms with Gasteiger partial charge in [-0.1, -0.05) is 15.9 Å². The maximum atomic E-state index is 14.0. The Kier molecular flexibility index (Phi) is 4.39. The monoisotopic (exact) mass is 420 g/mol. The molecule has 1 saturated heterocycles. The van der Waals surface area contributed by atoms with E-state index in [0.29, 0.717) is 30.7 Å². The third kappa shape index (κ3) is 3.11. The largest absolute Gasteiger partial charge is 0.352 e. The van der Waals surface area contributed by atoms with Crippen LogP contribution in [-0.4, -0.2) is 47.0 Å². The Hall–Kier alpha value is -2.06. The first-order chi connectivity index (χ1) is 12.1. The molecule has 4 rings (SSSR count). The van der Waals surface area contributed by atoms with Crippen molar-refractivity contribution in [3.8, 4) is 0 Å². The Morgan fingerprint density at radius 1 is 1.16 bits per heavy atom. The van der Waals surface area contributed by atoms with E-state index >= 15 is 0 Å². The number of benzene rings is 1. The second-order valence-electron chi connectivity index (χ2n) is 5.74. The highest BCUT2D eigenvalue weighted by Gasteiger charge is 2.25. The minimum atomic E-state index is -0.494. The fourth-order valence-corrected chi connectivity index (χ4v) is 4.07. The van der Waals surface area contributed by atoms with Crippen LogP contribution in [0.2, 0.25) is 0 Å². The van der Waals surface area contributed by atoms with Gasteiger partial charge in [-0.15, -0.1) is 11.3 Å². The molecule has 5 nitrogen and oxygen atoms in total. The van der Waals surface area contributed by atoms with Crippen molar-refractivity contribution in [3.63, 3.8) is 0 Å². The molecule has 0 aliphatic carbocycles. The second kappa shape index (κ2) is 6.68. The molecule has 0 saturated carbocycles. The van der Waals surface area contributed by atoms with Gasteiger partial charge >= 0.3 is 0 Å². The summed E-state index contributed by atoms with van der Waals surface area (Å²) < 4.78 is 14.7. The quantitative estimate of drug-likeness (QED) is 0.635. The van der Waals surface area contributed by atoms with Crippen molar-refractivity contribution in [2.45, 2.75) is 0 Å². The molecule has 0 radical (unpaired) electrons. The van der Waals surface area contributed by atoms with E-state index in [1.165, 1.54) is 12.1 Å². The maximum absolute atomic E-state index is 14.0. The van der Waals surface area contributed by atoms with Crippen molar-refractivity contribution in [2.24, 2.45) is 0 Å². The molecule has 1 fully saturated rings. The molecule has 25 heavy (non-hydrogen) atoms. The SMILES string of the molecule is O=C(c1cc(Br)ccc1F)N1CCN(c2ncnc3sccc23)CC1. The fraction of sp³-hybridized carbons (Fsp3) is 0.235. The van der Waals surface area contributed by atoms with Crippen LogP contribution in [0.1, 0.15) is 10.4 Å². The van der Waals surface area contributed by atoms with Gasteiger partial charge in [0.25, 0.3) is 5.91 Å². The maximum Gasteiger partial charge on any atom is 0.256 e. The van der Waals surface area contributed by atoms with Gasteiger partial charge in [-0.2, -0.15) is 0 Å². The topological polar surface area (TPSA) is 49.3 Å². The minimum Gasteiger partial charge on any atom is -0.352 e. The summed E-state index contributed by atoms with van der Waals surface area (Å²) in [5.41, 5.74) is 0.102. The number of amides is 1. The highest BCUT2D eigenvalue weighted by molar-refractivity contribution is 9.10. The molecular formula is C17H14BrFN4OS. The summed E-state index contributed by atoms with van der Waals surface area (Å²) in [5.74, 6) is 0.125. The Morgan fingerprint density at radius 2 is 1.96 bits per heavy atom. The van der Waals surface area contributed by atoms with Crippen LogP contribution in [0.4, 0.5) is 10.2 Å². The average Bonchev–Trinajstić information content (AvgIpc) is 3.12. The normalized spacial score (nSPS) is 15.0. The number of aromatic nitrogens is 2. The van der Waals surface area contributed by atoms with Crippen LogP contribution in [-0.2, 0) is 0 Å². The lowest BCUT2D eigenvalue weighted by molar-refractivity contribution is 0.0742. The van der Waals surface area contributed by atoms with Crippen LogP contribution in [0.25, 0.3) is 10.2 Å². The Bertz CT molecular complexity index is 939. The lowest BCUT2D eigenvalue weighted by atomic mass is 10.1. The number of hydrogen-bond donors (Lipinski definition) is 0. The molecular weight excluding hydrogens is 407 g/mol. The van der Waals surface area contributed by atoms with E-state index in [9.17, 15) is 9.18 Å². The molecule has 1 aromatic carbocycles. The number of thiophene rings is 1. The van der Waals surface area contributed by atoms with Crippen molar-refractivity contribution in [1.29, 1.82) is 0 Å². The van der Waals surface area contributed by atoms with E-state index in [1.807, 2.05) is 11.4 Å². The number of carbonyl (C=O) groups is 1.